The molecule has 0 aliphatic carbocycles. The molecule has 0 fully saturated rings. The molecule has 5 aromatic rings. The lowest BCUT2D eigenvalue weighted by molar-refractivity contribution is -0.120. The Kier molecular flexibility index (Phi) is 8.52. The molecule has 1 heterocycles. The average molecular weight is 516 g/mol. The summed E-state index contributed by atoms with van der Waals surface area (Å²) in [5.41, 5.74) is 8.20. The number of imidazole rings is 1. The van der Waals surface area contributed by atoms with E-state index in [1.807, 2.05) is 36.4 Å². The lowest BCUT2D eigenvalue weighted by atomic mass is 9.97. The number of rotatable bonds is 11. The van der Waals surface area contributed by atoms with Gasteiger partial charge < -0.3 is 9.88 Å². The second-order valence-corrected chi connectivity index (χ2v) is 10.3. The van der Waals surface area contributed by atoms with Crippen LogP contribution in [0.4, 0.5) is 0 Å². The molecule has 0 bridgehead atoms. The number of hydrogen-bond acceptors (Lipinski definition) is 2. The van der Waals surface area contributed by atoms with Crippen LogP contribution >= 0.6 is 0 Å². The molecule has 4 aromatic carbocycles. The zero-order chi connectivity index (χ0) is 27.0. The largest absolute Gasteiger partial charge is 0.356 e. The summed E-state index contributed by atoms with van der Waals surface area (Å²) in [5, 5.41) is 3.10. The van der Waals surface area contributed by atoms with Crippen LogP contribution < -0.4 is 5.32 Å². The molecule has 1 amide bonds. The Morgan fingerprint density at radius 3 is 2.23 bits per heavy atom. The Labute approximate surface area is 231 Å². The molecular weight excluding hydrogens is 478 g/mol. The van der Waals surface area contributed by atoms with E-state index in [-0.39, 0.29) is 5.91 Å². The monoisotopic (exact) mass is 515 g/mol. The number of carbonyl (C=O) groups is 1. The number of benzene rings is 4. The zero-order valence-electron chi connectivity index (χ0n) is 22.9. The summed E-state index contributed by atoms with van der Waals surface area (Å²) < 4.78 is 2.32. The minimum atomic E-state index is 0.0531. The molecule has 0 aliphatic heterocycles. The van der Waals surface area contributed by atoms with Gasteiger partial charge in [0.05, 0.1) is 17.5 Å². The van der Waals surface area contributed by atoms with Crippen LogP contribution in [0.25, 0.3) is 22.2 Å². The SMILES string of the molecule is CCC(C)c1ccc(Cn2c(CCCNC(=O)Cc3ccc(-c4ccccc4)cc3)nc3ccccc32)cc1. The Bertz CT molecular complexity index is 1500. The molecule has 198 valence electrons. The molecule has 4 heteroatoms. The molecule has 0 spiro atoms. The number of fused-ring (bicyclic) bond motifs is 1. The van der Waals surface area contributed by atoms with Gasteiger partial charge in [0.1, 0.15) is 5.82 Å². The van der Waals surface area contributed by atoms with Crippen LogP contribution in [0.1, 0.15) is 55.1 Å². The van der Waals surface area contributed by atoms with Crippen LogP contribution in [0.5, 0.6) is 0 Å². The Hall–Kier alpha value is -4.18. The van der Waals surface area contributed by atoms with Gasteiger partial charge in [-0.1, -0.05) is 105 Å². The van der Waals surface area contributed by atoms with Crippen molar-refractivity contribution in [2.75, 3.05) is 6.54 Å². The normalized spacial score (nSPS) is 11.9. The molecule has 0 aliphatic rings. The first-order chi connectivity index (χ1) is 19.1. The van der Waals surface area contributed by atoms with Gasteiger partial charge in [0, 0.05) is 19.5 Å². The molecule has 1 aromatic heterocycles. The summed E-state index contributed by atoms with van der Waals surface area (Å²) >= 11 is 0. The van der Waals surface area contributed by atoms with E-state index in [1.54, 1.807) is 0 Å². The average Bonchev–Trinajstić information content (AvgIpc) is 3.33. The van der Waals surface area contributed by atoms with E-state index in [1.165, 1.54) is 16.7 Å². The van der Waals surface area contributed by atoms with E-state index in [2.05, 4.69) is 90.5 Å². The highest BCUT2D eigenvalue weighted by atomic mass is 16.1. The van der Waals surface area contributed by atoms with Crippen molar-refractivity contribution in [3.05, 3.63) is 126 Å². The molecule has 4 nitrogen and oxygen atoms in total. The minimum Gasteiger partial charge on any atom is -0.356 e. The van der Waals surface area contributed by atoms with Gasteiger partial charge >= 0.3 is 0 Å². The lowest BCUT2D eigenvalue weighted by Crippen LogP contribution is -2.26. The first-order valence-electron chi connectivity index (χ1n) is 14.0. The number of carbonyl (C=O) groups excluding carboxylic acids is 1. The number of aryl methyl sites for hydroxylation is 1. The first kappa shape index (κ1) is 26.4. The lowest BCUT2D eigenvalue weighted by Gasteiger charge is -2.12. The molecular formula is C35H37N3O. The van der Waals surface area contributed by atoms with Crippen LogP contribution in [0.3, 0.4) is 0 Å². The summed E-state index contributed by atoms with van der Waals surface area (Å²) in [6.45, 7) is 5.93. The highest BCUT2D eigenvalue weighted by molar-refractivity contribution is 5.79. The van der Waals surface area contributed by atoms with Crippen LogP contribution in [-0.4, -0.2) is 22.0 Å². The first-order valence-corrected chi connectivity index (χ1v) is 14.0. The summed E-state index contributed by atoms with van der Waals surface area (Å²) in [5.74, 6) is 1.69. The smallest absolute Gasteiger partial charge is 0.224 e. The third-order valence-corrected chi connectivity index (χ3v) is 7.56. The van der Waals surface area contributed by atoms with Crippen molar-refractivity contribution in [2.24, 2.45) is 0 Å². The number of hydrogen-bond donors (Lipinski definition) is 1. The molecule has 0 saturated carbocycles. The van der Waals surface area contributed by atoms with Gasteiger partial charge in [-0.15, -0.1) is 0 Å². The molecule has 0 radical (unpaired) electrons. The maximum atomic E-state index is 12.6. The third kappa shape index (κ3) is 6.64. The second kappa shape index (κ2) is 12.6. The highest BCUT2D eigenvalue weighted by Crippen LogP contribution is 2.22. The van der Waals surface area contributed by atoms with Gasteiger partial charge in [0.15, 0.2) is 0 Å². The van der Waals surface area contributed by atoms with E-state index in [9.17, 15) is 4.79 Å². The van der Waals surface area contributed by atoms with Gasteiger partial charge in [-0.3, -0.25) is 4.79 Å². The summed E-state index contributed by atoms with van der Waals surface area (Å²) in [6.07, 6.45) is 3.19. The number of nitrogens with zero attached hydrogens (tertiary/aromatic N) is 2. The summed E-state index contributed by atoms with van der Waals surface area (Å²) in [4.78, 5) is 17.5. The number of para-hydroxylation sites is 2. The van der Waals surface area contributed by atoms with E-state index in [0.717, 1.165) is 53.8 Å². The molecule has 1 atom stereocenters. The molecule has 39 heavy (non-hydrogen) atoms. The van der Waals surface area contributed by atoms with Crippen molar-refractivity contribution < 1.29 is 4.79 Å². The van der Waals surface area contributed by atoms with Gasteiger partial charge in [0.2, 0.25) is 5.91 Å². The predicted molar refractivity (Wildman–Crippen MR) is 161 cm³/mol. The Balaban J connectivity index is 1.17. The quantitative estimate of drug-likeness (QED) is 0.185. The predicted octanol–water partition coefficient (Wildman–Crippen LogP) is 7.56. The van der Waals surface area contributed by atoms with Gasteiger partial charge in [-0.2, -0.15) is 0 Å². The van der Waals surface area contributed by atoms with Crippen molar-refractivity contribution in [3.8, 4) is 11.1 Å². The standard InChI is InChI=1S/C35H37N3O/c1-3-26(2)29-19-17-28(18-20-29)25-38-33-13-8-7-12-32(33)37-34(38)14-9-23-36-35(39)24-27-15-21-31(22-16-27)30-10-5-4-6-11-30/h4-8,10-13,15-22,26H,3,9,14,23-25H2,1-2H3,(H,36,39). The molecule has 0 saturated heterocycles. The fraction of sp³-hybridized carbons (Fsp3) is 0.257. The Morgan fingerprint density at radius 2 is 1.49 bits per heavy atom. The van der Waals surface area contributed by atoms with Crippen molar-refractivity contribution in [1.29, 1.82) is 0 Å². The second-order valence-electron chi connectivity index (χ2n) is 10.3. The fourth-order valence-electron chi connectivity index (χ4n) is 5.03. The third-order valence-electron chi connectivity index (χ3n) is 7.56. The summed E-state index contributed by atoms with van der Waals surface area (Å²) in [6, 6.07) is 35.9. The zero-order valence-corrected chi connectivity index (χ0v) is 22.9. The molecule has 5 rings (SSSR count). The minimum absolute atomic E-state index is 0.0531. The van der Waals surface area contributed by atoms with Gasteiger partial charge in [-0.25, -0.2) is 4.98 Å². The van der Waals surface area contributed by atoms with E-state index in [4.69, 9.17) is 4.98 Å². The Morgan fingerprint density at radius 1 is 0.821 bits per heavy atom. The van der Waals surface area contributed by atoms with Crippen molar-refractivity contribution in [3.63, 3.8) is 0 Å². The van der Waals surface area contributed by atoms with Gasteiger partial charge in [0.25, 0.3) is 0 Å². The molecule has 1 unspecified atom stereocenters. The van der Waals surface area contributed by atoms with Crippen LogP contribution in [0.15, 0.2) is 103 Å². The van der Waals surface area contributed by atoms with E-state index >= 15 is 0 Å². The van der Waals surface area contributed by atoms with Crippen molar-refractivity contribution in [2.45, 2.75) is 52.0 Å². The van der Waals surface area contributed by atoms with Crippen LogP contribution in [0.2, 0.25) is 0 Å². The topological polar surface area (TPSA) is 46.9 Å². The van der Waals surface area contributed by atoms with Crippen LogP contribution in [0, 0.1) is 0 Å². The van der Waals surface area contributed by atoms with Crippen molar-refractivity contribution >= 4 is 16.9 Å². The number of nitrogens with one attached hydrogen (secondary N) is 1. The highest BCUT2D eigenvalue weighted by Gasteiger charge is 2.12. The van der Waals surface area contributed by atoms with E-state index < -0.39 is 0 Å². The summed E-state index contributed by atoms with van der Waals surface area (Å²) in [7, 11) is 0. The number of amides is 1. The maximum absolute atomic E-state index is 12.6. The fourth-order valence-corrected chi connectivity index (χ4v) is 5.03. The van der Waals surface area contributed by atoms with Crippen LogP contribution in [-0.2, 0) is 24.2 Å². The molecule has 1 N–H and O–H groups in total. The van der Waals surface area contributed by atoms with Crippen molar-refractivity contribution in [1.82, 2.24) is 14.9 Å². The van der Waals surface area contributed by atoms with E-state index in [0.29, 0.717) is 18.9 Å². The maximum Gasteiger partial charge on any atom is 0.224 e. The number of aromatic nitrogens is 2. The van der Waals surface area contributed by atoms with Gasteiger partial charge in [-0.05, 0) is 58.7 Å².